The molecule has 1 aromatic carbocycles. The molecule has 3 rings (SSSR count). The average Bonchev–Trinajstić information content (AvgIpc) is 2.98. The van der Waals surface area contributed by atoms with Gasteiger partial charge in [-0.2, -0.15) is 0 Å². The molecule has 0 saturated carbocycles. The van der Waals surface area contributed by atoms with Gasteiger partial charge in [-0.15, -0.1) is 0 Å². The van der Waals surface area contributed by atoms with Crippen LogP contribution in [0.25, 0.3) is 0 Å². The van der Waals surface area contributed by atoms with Gasteiger partial charge in [-0.05, 0) is 33.3 Å². The lowest BCUT2D eigenvalue weighted by molar-refractivity contribution is -0.152. The topological polar surface area (TPSA) is 78.5 Å². The van der Waals surface area contributed by atoms with Crippen LogP contribution in [-0.4, -0.2) is 34.7 Å². The van der Waals surface area contributed by atoms with Crippen LogP contribution in [0.2, 0.25) is 0 Å². The van der Waals surface area contributed by atoms with E-state index in [1.165, 1.54) is 4.90 Å². The van der Waals surface area contributed by atoms with Crippen molar-refractivity contribution in [3.05, 3.63) is 29.8 Å². The highest BCUT2D eigenvalue weighted by molar-refractivity contribution is 6.21. The van der Waals surface area contributed by atoms with Gasteiger partial charge in [0.1, 0.15) is 0 Å². The van der Waals surface area contributed by atoms with Crippen LogP contribution in [0.5, 0.6) is 0 Å². The van der Waals surface area contributed by atoms with Crippen LogP contribution in [0.15, 0.2) is 24.3 Å². The number of amides is 3. The number of hydrogen-bond acceptors (Lipinski definition) is 3. The third kappa shape index (κ3) is 2.29. The Labute approximate surface area is 135 Å². The molecular formula is C17H21N3O3. The van der Waals surface area contributed by atoms with E-state index in [4.69, 9.17) is 0 Å². The number of carbonyl (C=O) groups excluding carboxylic acids is 3. The van der Waals surface area contributed by atoms with Crippen LogP contribution < -0.4 is 10.6 Å². The summed E-state index contributed by atoms with van der Waals surface area (Å²) in [5, 5.41) is 5.64. The van der Waals surface area contributed by atoms with Crippen molar-refractivity contribution < 1.29 is 14.4 Å². The van der Waals surface area contributed by atoms with E-state index in [0.717, 1.165) is 0 Å². The van der Waals surface area contributed by atoms with Gasteiger partial charge in [0.25, 0.3) is 11.8 Å². The third-order valence-electron chi connectivity index (χ3n) is 4.19. The van der Waals surface area contributed by atoms with Gasteiger partial charge in [-0.1, -0.05) is 18.2 Å². The van der Waals surface area contributed by atoms with Gasteiger partial charge in [-0.3, -0.25) is 14.4 Å². The summed E-state index contributed by atoms with van der Waals surface area (Å²) in [6.45, 7) is 5.95. The lowest BCUT2D eigenvalue weighted by atomic mass is 9.87. The predicted octanol–water partition coefficient (Wildman–Crippen LogP) is 1.37. The minimum absolute atomic E-state index is 0.166. The lowest BCUT2D eigenvalue weighted by Crippen LogP contribution is -2.63. The predicted molar refractivity (Wildman–Crippen MR) is 85.6 cm³/mol. The molecule has 1 fully saturated rings. The van der Waals surface area contributed by atoms with Crippen molar-refractivity contribution in [1.82, 2.24) is 10.2 Å². The molecule has 0 bridgehead atoms. The molecule has 0 radical (unpaired) electrons. The quantitative estimate of drug-likeness (QED) is 0.809. The smallest absolute Gasteiger partial charge is 0.265 e. The van der Waals surface area contributed by atoms with Gasteiger partial charge >= 0.3 is 0 Å². The highest BCUT2D eigenvalue weighted by Gasteiger charge is 2.59. The van der Waals surface area contributed by atoms with Crippen molar-refractivity contribution in [3.8, 4) is 0 Å². The van der Waals surface area contributed by atoms with Crippen LogP contribution >= 0.6 is 0 Å². The number of nitrogens with one attached hydrogen (secondary N) is 2. The van der Waals surface area contributed by atoms with E-state index in [0.29, 0.717) is 30.6 Å². The second-order valence-corrected chi connectivity index (χ2v) is 7.06. The van der Waals surface area contributed by atoms with Crippen molar-refractivity contribution >= 4 is 23.4 Å². The van der Waals surface area contributed by atoms with Crippen LogP contribution in [0.1, 0.15) is 39.2 Å². The fraction of sp³-hybridized carbons (Fsp3) is 0.471. The summed E-state index contributed by atoms with van der Waals surface area (Å²) >= 11 is 0. The molecule has 1 aromatic rings. The first-order valence-electron chi connectivity index (χ1n) is 7.81. The molecular weight excluding hydrogens is 294 g/mol. The maximum atomic E-state index is 13.1. The normalized spacial score (nSPS) is 23.7. The van der Waals surface area contributed by atoms with Crippen LogP contribution in [0, 0.1) is 0 Å². The molecule has 0 aliphatic carbocycles. The van der Waals surface area contributed by atoms with E-state index in [1.54, 1.807) is 24.3 Å². The Bertz CT molecular complexity index is 693. The first kappa shape index (κ1) is 15.5. The second kappa shape index (κ2) is 5.08. The largest absolute Gasteiger partial charge is 0.349 e. The molecule has 2 heterocycles. The highest BCUT2D eigenvalue weighted by atomic mass is 16.2. The standard InChI is InChI=1S/C17H21N3O3/c1-16(2,3)19-15(23)17(20-10-6-9-13(20)21)11-7-4-5-8-12(11)18-14(17)22/h4-5,7-8H,6,9-10H2,1-3H3,(H,18,22)(H,19,23). The average molecular weight is 315 g/mol. The number of rotatable bonds is 2. The van der Waals surface area contributed by atoms with Crippen LogP contribution in [0.4, 0.5) is 5.69 Å². The number of nitrogens with zero attached hydrogens (tertiary/aromatic N) is 1. The number of likely N-dealkylation sites (tertiary alicyclic amines) is 1. The molecule has 6 heteroatoms. The van der Waals surface area contributed by atoms with Gasteiger partial charge in [0.15, 0.2) is 0 Å². The first-order valence-corrected chi connectivity index (χ1v) is 7.81. The molecule has 122 valence electrons. The molecule has 3 amide bonds. The number of hydrogen-bond donors (Lipinski definition) is 2. The van der Waals surface area contributed by atoms with E-state index in [-0.39, 0.29) is 5.91 Å². The summed E-state index contributed by atoms with van der Waals surface area (Å²) in [5.41, 5.74) is -0.995. The minimum atomic E-state index is -1.61. The first-order chi connectivity index (χ1) is 10.8. The van der Waals surface area contributed by atoms with E-state index < -0.39 is 22.9 Å². The summed E-state index contributed by atoms with van der Waals surface area (Å²) in [6, 6.07) is 7.06. The fourth-order valence-corrected chi connectivity index (χ4v) is 3.29. The van der Waals surface area contributed by atoms with E-state index in [9.17, 15) is 14.4 Å². The van der Waals surface area contributed by atoms with Crippen LogP contribution in [-0.2, 0) is 19.9 Å². The minimum Gasteiger partial charge on any atom is -0.349 e. The van der Waals surface area contributed by atoms with E-state index in [1.807, 2.05) is 20.8 Å². The molecule has 0 aromatic heterocycles. The highest BCUT2D eigenvalue weighted by Crippen LogP contribution is 2.42. The zero-order chi connectivity index (χ0) is 16.8. The molecule has 6 nitrogen and oxygen atoms in total. The van der Waals surface area contributed by atoms with E-state index in [2.05, 4.69) is 10.6 Å². The summed E-state index contributed by atoms with van der Waals surface area (Å²) in [4.78, 5) is 39.8. The Morgan fingerprint density at radius 2 is 1.96 bits per heavy atom. The second-order valence-electron chi connectivity index (χ2n) is 7.06. The van der Waals surface area contributed by atoms with Crippen molar-refractivity contribution in [3.63, 3.8) is 0 Å². The van der Waals surface area contributed by atoms with Crippen molar-refractivity contribution in [1.29, 1.82) is 0 Å². The molecule has 1 unspecified atom stereocenters. The maximum Gasteiger partial charge on any atom is 0.265 e. The van der Waals surface area contributed by atoms with Gasteiger partial charge < -0.3 is 15.5 Å². The Morgan fingerprint density at radius 3 is 2.57 bits per heavy atom. The van der Waals surface area contributed by atoms with Crippen molar-refractivity contribution in [2.24, 2.45) is 0 Å². The molecule has 2 aliphatic rings. The fourth-order valence-electron chi connectivity index (χ4n) is 3.29. The summed E-state index contributed by atoms with van der Waals surface area (Å²) in [6.07, 6.45) is 1.01. The van der Waals surface area contributed by atoms with Crippen molar-refractivity contribution in [2.45, 2.75) is 44.7 Å². The zero-order valence-corrected chi connectivity index (χ0v) is 13.6. The summed E-state index contributed by atoms with van der Waals surface area (Å²) in [5.74, 6) is -1.08. The molecule has 0 spiro atoms. The number of carbonyl (C=O) groups is 3. The Morgan fingerprint density at radius 1 is 1.26 bits per heavy atom. The molecule has 2 N–H and O–H groups in total. The van der Waals surface area contributed by atoms with Gasteiger partial charge in [0.05, 0.1) is 0 Å². The monoisotopic (exact) mass is 315 g/mol. The van der Waals surface area contributed by atoms with Crippen molar-refractivity contribution in [2.75, 3.05) is 11.9 Å². The van der Waals surface area contributed by atoms with Crippen LogP contribution in [0.3, 0.4) is 0 Å². The Hall–Kier alpha value is -2.37. The van der Waals surface area contributed by atoms with E-state index >= 15 is 0 Å². The zero-order valence-electron chi connectivity index (χ0n) is 13.6. The number of fused-ring (bicyclic) bond motifs is 1. The third-order valence-corrected chi connectivity index (χ3v) is 4.19. The molecule has 2 aliphatic heterocycles. The number of benzene rings is 1. The molecule has 1 saturated heterocycles. The SMILES string of the molecule is CC(C)(C)NC(=O)C1(N2CCCC2=O)C(=O)Nc2ccccc21. The number of anilines is 1. The summed E-state index contributed by atoms with van der Waals surface area (Å²) in [7, 11) is 0. The Kier molecular flexibility index (Phi) is 3.43. The van der Waals surface area contributed by atoms with Gasteiger partial charge in [0, 0.05) is 29.8 Å². The van der Waals surface area contributed by atoms with Gasteiger partial charge in [-0.25, -0.2) is 0 Å². The maximum absolute atomic E-state index is 13.1. The summed E-state index contributed by atoms with van der Waals surface area (Å²) < 4.78 is 0. The molecule has 23 heavy (non-hydrogen) atoms. The Balaban J connectivity index is 2.17. The van der Waals surface area contributed by atoms with Gasteiger partial charge in [0.2, 0.25) is 11.4 Å². The number of para-hydroxylation sites is 1. The lowest BCUT2D eigenvalue weighted by Gasteiger charge is -2.37. The molecule has 1 atom stereocenters.